The zero-order chi connectivity index (χ0) is 15.4. The van der Waals surface area contributed by atoms with Crippen LogP contribution >= 0.6 is 0 Å². The van der Waals surface area contributed by atoms with E-state index in [2.05, 4.69) is 4.98 Å². The number of ether oxygens (including phenoxy) is 2. The maximum absolute atomic E-state index is 11.8. The van der Waals surface area contributed by atoms with E-state index in [1.807, 2.05) is 38.1 Å². The lowest BCUT2D eigenvalue weighted by Crippen LogP contribution is -2.06. The number of carbonyl (C=O) groups is 1. The number of benzene rings is 1. The number of methoxy groups -OCH3 is 1. The van der Waals surface area contributed by atoms with Crippen molar-refractivity contribution in [2.75, 3.05) is 12.8 Å². The van der Waals surface area contributed by atoms with Crippen molar-refractivity contribution in [3.8, 4) is 16.9 Å². The summed E-state index contributed by atoms with van der Waals surface area (Å²) in [6, 6.07) is 8.97. The zero-order valence-electron chi connectivity index (χ0n) is 12.3. The van der Waals surface area contributed by atoms with Gasteiger partial charge in [-0.1, -0.05) is 12.1 Å². The maximum Gasteiger partial charge on any atom is 0.338 e. The fourth-order valence-corrected chi connectivity index (χ4v) is 1.97. The number of nitrogen functional groups attached to an aromatic ring is 1. The van der Waals surface area contributed by atoms with Crippen molar-refractivity contribution < 1.29 is 14.3 Å². The van der Waals surface area contributed by atoms with E-state index in [0.717, 1.165) is 11.3 Å². The highest BCUT2D eigenvalue weighted by molar-refractivity contribution is 5.97. The second-order valence-electron chi connectivity index (χ2n) is 4.84. The molecular formula is C16H18N2O3. The van der Waals surface area contributed by atoms with Gasteiger partial charge in [0.1, 0.15) is 11.6 Å². The van der Waals surface area contributed by atoms with Crippen molar-refractivity contribution in [1.29, 1.82) is 0 Å². The fraction of sp³-hybridized carbons (Fsp3) is 0.250. The molecule has 2 aromatic rings. The van der Waals surface area contributed by atoms with Crippen LogP contribution in [-0.4, -0.2) is 24.2 Å². The Morgan fingerprint density at radius 2 is 1.90 bits per heavy atom. The number of carbonyl (C=O) groups excluding carboxylic acids is 1. The summed E-state index contributed by atoms with van der Waals surface area (Å²) in [4.78, 5) is 15.9. The highest BCUT2D eigenvalue weighted by atomic mass is 16.5. The topological polar surface area (TPSA) is 74.4 Å². The first-order valence-electron chi connectivity index (χ1n) is 6.62. The van der Waals surface area contributed by atoms with Crippen LogP contribution < -0.4 is 10.5 Å². The lowest BCUT2D eigenvalue weighted by molar-refractivity contribution is 0.0601. The predicted octanol–water partition coefficient (Wildman–Crippen LogP) is 2.90. The number of hydrogen-bond acceptors (Lipinski definition) is 5. The number of hydrogen-bond donors (Lipinski definition) is 1. The average molecular weight is 286 g/mol. The van der Waals surface area contributed by atoms with Gasteiger partial charge in [-0.15, -0.1) is 0 Å². The molecule has 0 aliphatic carbocycles. The summed E-state index contributed by atoms with van der Waals surface area (Å²) in [7, 11) is 1.34. The molecule has 0 saturated heterocycles. The quantitative estimate of drug-likeness (QED) is 0.875. The normalized spacial score (nSPS) is 10.5. The van der Waals surface area contributed by atoms with Gasteiger partial charge in [-0.3, -0.25) is 0 Å². The van der Waals surface area contributed by atoms with E-state index in [1.165, 1.54) is 13.2 Å². The van der Waals surface area contributed by atoms with E-state index in [-0.39, 0.29) is 11.9 Å². The van der Waals surface area contributed by atoms with Crippen LogP contribution in [0, 0.1) is 0 Å². The number of rotatable bonds is 4. The molecule has 0 bridgehead atoms. The van der Waals surface area contributed by atoms with E-state index in [4.69, 9.17) is 15.2 Å². The van der Waals surface area contributed by atoms with Crippen LogP contribution in [0.5, 0.6) is 5.75 Å². The minimum Gasteiger partial charge on any atom is -0.491 e. The Morgan fingerprint density at radius 1 is 1.24 bits per heavy atom. The second-order valence-corrected chi connectivity index (χ2v) is 4.84. The van der Waals surface area contributed by atoms with E-state index < -0.39 is 5.97 Å². The van der Waals surface area contributed by atoms with Gasteiger partial charge in [-0.05, 0) is 37.6 Å². The fourth-order valence-electron chi connectivity index (χ4n) is 1.97. The molecule has 1 aromatic heterocycles. The molecule has 0 aliphatic rings. The van der Waals surface area contributed by atoms with Crippen molar-refractivity contribution in [2.24, 2.45) is 0 Å². The van der Waals surface area contributed by atoms with Crippen LogP contribution in [0.15, 0.2) is 36.5 Å². The van der Waals surface area contributed by atoms with Crippen LogP contribution in [0.25, 0.3) is 11.1 Å². The number of pyridine rings is 1. The highest BCUT2D eigenvalue weighted by Gasteiger charge is 2.14. The largest absolute Gasteiger partial charge is 0.491 e. The number of aromatic nitrogens is 1. The van der Waals surface area contributed by atoms with Crippen molar-refractivity contribution in [3.05, 3.63) is 42.1 Å². The van der Waals surface area contributed by atoms with Crippen LogP contribution in [0.4, 0.5) is 5.82 Å². The molecule has 0 radical (unpaired) electrons. The molecule has 0 aliphatic heterocycles. The Labute approximate surface area is 123 Å². The zero-order valence-corrected chi connectivity index (χ0v) is 12.3. The van der Waals surface area contributed by atoms with Crippen molar-refractivity contribution in [2.45, 2.75) is 20.0 Å². The molecule has 21 heavy (non-hydrogen) atoms. The molecule has 2 rings (SSSR count). The van der Waals surface area contributed by atoms with Gasteiger partial charge in [0, 0.05) is 11.8 Å². The van der Waals surface area contributed by atoms with E-state index in [9.17, 15) is 4.79 Å². The van der Waals surface area contributed by atoms with E-state index in [0.29, 0.717) is 11.1 Å². The van der Waals surface area contributed by atoms with Crippen molar-refractivity contribution >= 4 is 11.8 Å². The van der Waals surface area contributed by atoms with Gasteiger partial charge < -0.3 is 15.2 Å². The van der Waals surface area contributed by atoms with Crippen molar-refractivity contribution in [1.82, 2.24) is 4.98 Å². The van der Waals surface area contributed by atoms with Crippen molar-refractivity contribution in [3.63, 3.8) is 0 Å². The van der Waals surface area contributed by atoms with Gasteiger partial charge in [-0.25, -0.2) is 9.78 Å². The molecule has 0 fully saturated rings. The Balaban J connectivity index is 2.39. The SMILES string of the molecule is COC(=O)c1cc(N)ncc1-c1ccc(OC(C)C)cc1. The summed E-state index contributed by atoms with van der Waals surface area (Å²) in [5, 5.41) is 0. The summed E-state index contributed by atoms with van der Waals surface area (Å²) in [5.41, 5.74) is 7.55. The number of esters is 1. The standard InChI is InChI=1S/C16H18N2O3/c1-10(2)21-12-6-4-11(5-7-12)14-9-18-15(17)8-13(14)16(19)20-3/h4-10H,1-3H3,(H2,17,18). The monoisotopic (exact) mass is 286 g/mol. The lowest BCUT2D eigenvalue weighted by atomic mass is 10.0. The number of anilines is 1. The maximum atomic E-state index is 11.8. The Bertz CT molecular complexity index is 636. The summed E-state index contributed by atoms with van der Waals surface area (Å²) in [6.45, 7) is 3.93. The molecule has 110 valence electrons. The first-order chi connectivity index (χ1) is 10.0. The molecule has 2 N–H and O–H groups in total. The van der Waals surface area contributed by atoms with Gasteiger partial charge in [0.15, 0.2) is 0 Å². The molecule has 0 unspecified atom stereocenters. The number of nitrogens with zero attached hydrogens (tertiary/aromatic N) is 1. The van der Waals surface area contributed by atoms with E-state index >= 15 is 0 Å². The molecule has 1 aromatic carbocycles. The number of nitrogens with two attached hydrogens (primary N) is 1. The minimum atomic E-state index is -0.443. The molecule has 0 amide bonds. The minimum absolute atomic E-state index is 0.111. The molecule has 5 heteroatoms. The molecule has 0 spiro atoms. The smallest absolute Gasteiger partial charge is 0.338 e. The van der Waals surface area contributed by atoms with E-state index in [1.54, 1.807) is 6.20 Å². The van der Waals surface area contributed by atoms with Gasteiger partial charge in [-0.2, -0.15) is 0 Å². The summed E-state index contributed by atoms with van der Waals surface area (Å²) >= 11 is 0. The summed E-state index contributed by atoms with van der Waals surface area (Å²) in [5.74, 6) is 0.609. The molecular weight excluding hydrogens is 268 g/mol. The van der Waals surface area contributed by atoms with Gasteiger partial charge in [0.2, 0.25) is 0 Å². The predicted molar refractivity (Wildman–Crippen MR) is 81.2 cm³/mol. The van der Waals surface area contributed by atoms with Crippen LogP contribution in [0.1, 0.15) is 24.2 Å². The van der Waals surface area contributed by atoms with Gasteiger partial charge >= 0.3 is 5.97 Å². The summed E-state index contributed by atoms with van der Waals surface area (Å²) in [6.07, 6.45) is 1.68. The first kappa shape index (κ1) is 14.8. The van der Waals surface area contributed by atoms with Crippen LogP contribution in [0.3, 0.4) is 0 Å². The van der Waals surface area contributed by atoms with Crippen LogP contribution in [-0.2, 0) is 4.74 Å². The second kappa shape index (κ2) is 6.26. The van der Waals surface area contributed by atoms with Crippen LogP contribution in [0.2, 0.25) is 0 Å². The molecule has 1 heterocycles. The highest BCUT2D eigenvalue weighted by Crippen LogP contribution is 2.27. The first-order valence-corrected chi connectivity index (χ1v) is 6.62. The third-order valence-corrected chi connectivity index (χ3v) is 2.87. The third kappa shape index (κ3) is 3.51. The lowest BCUT2D eigenvalue weighted by Gasteiger charge is -2.11. The third-order valence-electron chi connectivity index (χ3n) is 2.87. The Kier molecular flexibility index (Phi) is 4.42. The van der Waals surface area contributed by atoms with Gasteiger partial charge in [0.05, 0.1) is 18.8 Å². The molecule has 5 nitrogen and oxygen atoms in total. The summed E-state index contributed by atoms with van der Waals surface area (Å²) < 4.78 is 10.4. The van der Waals surface area contributed by atoms with Gasteiger partial charge in [0.25, 0.3) is 0 Å². The Morgan fingerprint density at radius 3 is 2.48 bits per heavy atom. The molecule has 0 saturated carbocycles. The Hall–Kier alpha value is -2.56. The average Bonchev–Trinajstić information content (AvgIpc) is 2.47. The molecule has 0 atom stereocenters.